The normalized spacial score (nSPS) is 12.1. The van der Waals surface area contributed by atoms with Crippen molar-refractivity contribution >= 4 is 11.6 Å². The number of nitrogens with zero attached hydrogens (tertiary/aromatic N) is 7. The second-order valence-electron chi connectivity index (χ2n) is 5.98. The zero-order valence-corrected chi connectivity index (χ0v) is 15.7. The lowest BCUT2D eigenvalue weighted by Gasteiger charge is -2.10. The third kappa shape index (κ3) is 3.49. The molecule has 0 bridgehead atoms. The highest BCUT2D eigenvalue weighted by atomic mass is 35.5. The van der Waals surface area contributed by atoms with E-state index in [1.54, 1.807) is 49.0 Å². The molecule has 1 aromatic carbocycles. The van der Waals surface area contributed by atoms with Gasteiger partial charge in [0.25, 0.3) is 0 Å². The first-order valence-corrected chi connectivity index (χ1v) is 8.70. The van der Waals surface area contributed by atoms with Crippen molar-refractivity contribution in [1.82, 2.24) is 40.0 Å². The van der Waals surface area contributed by atoms with Crippen molar-refractivity contribution in [1.29, 1.82) is 0 Å². The summed E-state index contributed by atoms with van der Waals surface area (Å²) in [6.07, 6.45) is 1.02. The number of ether oxygens (including phenoxy) is 1. The highest BCUT2D eigenvalue weighted by Gasteiger charge is 2.19. The van der Waals surface area contributed by atoms with Gasteiger partial charge in [-0.3, -0.25) is 9.36 Å². The highest BCUT2D eigenvalue weighted by Crippen LogP contribution is 2.22. The standard InChI is InChI=1S/C17H15ClN8O2/c1-10(15-20-24-26(23-15)13-5-3-4-12(18)9-13)28-17-22-21-16(25(17)2)11-6-7-19-14(27)8-11/h3-10H,1-2H3,(H,19,27). The fourth-order valence-electron chi connectivity index (χ4n) is 2.56. The van der Waals surface area contributed by atoms with E-state index in [-0.39, 0.29) is 11.6 Å². The molecule has 142 valence electrons. The van der Waals surface area contributed by atoms with Gasteiger partial charge in [0, 0.05) is 29.9 Å². The Labute approximate surface area is 163 Å². The smallest absolute Gasteiger partial charge is 0.317 e. The molecule has 0 saturated carbocycles. The minimum Gasteiger partial charge on any atom is -0.452 e. The summed E-state index contributed by atoms with van der Waals surface area (Å²) >= 11 is 6.00. The molecule has 4 rings (SSSR count). The first kappa shape index (κ1) is 17.9. The monoisotopic (exact) mass is 398 g/mol. The van der Waals surface area contributed by atoms with Crippen LogP contribution >= 0.6 is 11.6 Å². The van der Waals surface area contributed by atoms with Crippen LogP contribution in [0.2, 0.25) is 5.02 Å². The molecule has 0 fully saturated rings. The molecule has 28 heavy (non-hydrogen) atoms. The molecule has 11 heteroatoms. The zero-order valence-electron chi connectivity index (χ0n) is 14.9. The van der Waals surface area contributed by atoms with Crippen molar-refractivity contribution in [2.24, 2.45) is 7.05 Å². The lowest BCUT2D eigenvalue weighted by molar-refractivity contribution is 0.190. The molecule has 0 aliphatic carbocycles. The number of aromatic amines is 1. The van der Waals surface area contributed by atoms with Crippen molar-refractivity contribution in [3.05, 3.63) is 63.8 Å². The van der Waals surface area contributed by atoms with Crippen molar-refractivity contribution in [3.63, 3.8) is 0 Å². The summed E-state index contributed by atoms with van der Waals surface area (Å²) in [5.74, 6) is 0.879. The Balaban J connectivity index is 1.55. The number of benzene rings is 1. The van der Waals surface area contributed by atoms with E-state index in [2.05, 4.69) is 30.6 Å². The first-order valence-electron chi connectivity index (χ1n) is 8.32. The third-order valence-electron chi connectivity index (χ3n) is 3.98. The maximum Gasteiger partial charge on any atom is 0.317 e. The molecule has 0 saturated heterocycles. The number of halogens is 1. The molecule has 0 radical (unpaired) electrons. The molecule has 4 aromatic rings. The van der Waals surface area contributed by atoms with Crippen LogP contribution in [0.5, 0.6) is 6.01 Å². The molecule has 3 aromatic heterocycles. The summed E-state index contributed by atoms with van der Waals surface area (Å²) in [5, 5.41) is 21.1. The molecule has 0 aliphatic heterocycles. The van der Waals surface area contributed by atoms with Gasteiger partial charge in [-0.1, -0.05) is 22.8 Å². The van der Waals surface area contributed by atoms with Crippen molar-refractivity contribution in [3.8, 4) is 23.1 Å². The summed E-state index contributed by atoms with van der Waals surface area (Å²) in [6, 6.07) is 10.6. The van der Waals surface area contributed by atoms with Crippen LogP contribution in [0.4, 0.5) is 0 Å². The van der Waals surface area contributed by atoms with E-state index in [0.717, 1.165) is 0 Å². The van der Waals surface area contributed by atoms with Crippen LogP contribution in [0.15, 0.2) is 47.4 Å². The first-order chi connectivity index (χ1) is 13.5. The Morgan fingerprint density at radius 1 is 1.18 bits per heavy atom. The molecule has 0 spiro atoms. The summed E-state index contributed by atoms with van der Waals surface area (Å²) in [6.45, 7) is 1.78. The van der Waals surface area contributed by atoms with E-state index in [9.17, 15) is 4.79 Å². The Morgan fingerprint density at radius 2 is 2.04 bits per heavy atom. The van der Waals surface area contributed by atoms with Crippen molar-refractivity contribution in [2.45, 2.75) is 13.0 Å². The number of hydrogen-bond donors (Lipinski definition) is 1. The number of pyridine rings is 1. The quantitative estimate of drug-likeness (QED) is 0.546. The van der Waals surface area contributed by atoms with Crippen LogP contribution in [0.25, 0.3) is 17.1 Å². The molecular formula is C17H15ClN8O2. The maximum atomic E-state index is 11.5. The van der Waals surface area contributed by atoms with E-state index < -0.39 is 6.10 Å². The summed E-state index contributed by atoms with van der Waals surface area (Å²) in [7, 11) is 1.74. The van der Waals surface area contributed by atoms with Crippen LogP contribution < -0.4 is 10.3 Å². The Kier molecular flexibility index (Phi) is 4.62. The van der Waals surface area contributed by atoms with Gasteiger partial charge in [0.05, 0.1) is 5.69 Å². The van der Waals surface area contributed by atoms with Crippen LogP contribution in [0.1, 0.15) is 18.9 Å². The minimum absolute atomic E-state index is 0.224. The van der Waals surface area contributed by atoms with Gasteiger partial charge in [-0.15, -0.1) is 20.1 Å². The molecular weight excluding hydrogens is 384 g/mol. The predicted molar refractivity (Wildman–Crippen MR) is 100 cm³/mol. The maximum absolute atomic E-state index is 11.5. The van der Waals surface area contributed by atoms with Gasteiger partial charge in [0.2, 0.25) is 11.4 Å². The Bertz CT molecular complexity index is 1180. The fourth-order valence-corrected chi connectivity index (χ4v) is 2.75. The third-order valence-corrected chi connectivity index (χ3v) is 4.22. The second-order valence-corrected chi connectivity index (χ2v) is 6.42. The van der Waals surface area contributed by atoms with E-state index in [1.165, 1.54) is 10.9 Å². The predicted octanol–water partition coefficient (Wildman–Crippen LogP) is 1.94. The lowest BCUT2D eigenvalue weighted by atomic mass is 10.2. The Hall–Kier alpha value is -3.53. The molecule has 0 aliphatic rings. The lowest BCUT2D eigenvalue weighted by Crippen LogP contribution is -2.10. The van der Waals surface area contributed by atoms with Crippen LogP contribution in [-0.2, 0) is 7.05 Å². The molecule has 1 atom stereocenters. The van der Waals surface area contributed by atoms with Gasteiger partial charge in [-0.2, -0.15) is 0 Å². The van der Waals surface area contributed by atoms with E-state index >= 15 is 0 Å². The molecule has 0 amide bonds. The van der Waals surface area contributed by atoms with Crippen LogP contribution in [0.3, 0.4) is 0 Å². The van der Waals surface area contributed by atoms with Crippen molar-refractivity contribution in [2.75, 3.05) is 0 Å². The number of hydrogen-bond acceptors (Lipinski definition) is 7. The molecule has 10 nitrogen and oxygen atoms in total. The number of H-pyrrole nitrogens is 1. The summed E-state index contributed by atoms with van der Waals surface area (Å²) < 4.78 is 7.48. The topological polar surface area (TPSA) is 116 Å². The number of tetrazole rings is 1. The minimum atomic E-state index is -0.525. The van der Waals surface area contributed by atoms with E-state index in [4.69, 9.17) is 16.3 Å². The SMILES string of the molecule is CC(Oc1nnc(-c2cc[nH]c(=O)c2)n1C)c1nnn(-c2cccc(Cl)c2)n1. The fraction of sp³-hybridized carbons (Fsp3) is 0.176. The van der Waals surface area contributed by atoms with E-state index in [1.807, 2.05) is 6.07 Å². The van der Waals surface area contributed by atoms with Gasteiger partial charge < -0.3 is 9.72 Å². The highest BCUT2D eigenvalue weighted by molar-refractivity contribution is 6.30. The molecule has 1 N–H and O–H groups in total. The number of rotatable bonds is 5. The van der Waals surface area contributed by atoms with Gasteiger partial charge in [-0.25, -0.2) is 0 Å². The van der Waals surface area contributed by atoms with Gasteiger partial charge >= 0.3 is 6.01 Å². The van der Waals surface area contributed by atoms with Crippen molar-refractivity contribution < 1.29 is 4.74 Å². The second kappa shape index (κ2) is 7.24. The number of nitrogens with one attached hydrogen (secondary N) is 1. The van der Waals surface area contributed by atoms with Crippen LogP contribution in [0, 0.1) is 0 Å². The van der Waals surface area contributed by atoms with E-state index in [0.29, 0.717) is 27.9 Å². The molecule has 3 heterocycles. The average molecular weight is 399 g/mol. The van der Waals surface area contributed by atoms with Gasteiger partial charge in [0.1, 0.15) is 0 Å². The Morgan fingerprint density at radius 3 is 2.82 bits per heavy atom. The van der Waals surface area contributed by atoms with Gasteiger partial charge in [-0.05, 0) is 36.4 Å². The number of aromatic nitrogens is 8. The summed E-state index contributed by atoms with van der Waals surface area (Å²) in [5.41, 5.74) is 1.10. The largest absolute Gasteiger partial charge is 0.452 e. The van der Waals surface area contributed by atoms with Crippen LogP contribution in [-0.4, -0.2) is 40.0 Å². The summed E-state index contributed by atoms with van der Waals surface area (Å²) in [4.78, 5) is 15.4. The zero-order chi connectivity index (χ0) is 19.7. The molecule has 1 unspecified atom stereocenters. The average Bonchev–Trinajstić information content (AvgIpc) is 3.30. The van der Waals surface area contributed by atoms with Gasteiger partial charge in [0.15, 0.2) is 11.9 Å².